The van der Waals surface area contributed by atoms with Crippen molar-refractivity contribution in [2.24, 2.45) is 0 Å². The summed E-state index contributed by atoms with van der Waals surface area (Å²) in [5.41, 5.74) is -0.0834. The summed E-state index contributed by atoms with van der Waals surface area (Å²) in [4.78, 5) is 25.1. The van der Waals surface area contributed by atoms with Gasteiger partial charge in [-0.1, -0.05) is 17.7 Å². The molecule has 0 saturated carbocycles. The fourth-order valence-electron chi connectivity index (χ4n) is 2.53. The van der Waals surface area contributed by atoms with Gasteiger partial charge in [0.1, 0.15) is 11.4 Å². The minimum absolute atomic E-state index is 0.367. The lowest BCUT2D eigenvalue weighted by molar-refractivity contribution is -0.123. The van der Waals surface area contributed by atoms with Crippen LogP contribution >= 0.6 is 11.6 Å². The Bertz CT molecular complexity index is 1050. The molecule has 0 bridgehead atoms. The first-order chi connectivity index (χ1) is 12.8. The average Bonchev–Trinajstić information content (AvgIpc) is 2.62. The summed E-state index contributed by atoms with van der Waals surface area (Å²) in [6, 6.07) is 15.3. The zero-order valence-electron chi connectivity index (χ0n) is 14.7. The molecule has 0 radical (unpaired) electrons. The molecule has 3 rings (SSSR count). The topological polar surface area (TPSA) is 64.0 Å². The van der Waals surface area contributed by atoms with Crippen LogP contribution in [0.2, 0.25) is 5.02 Å². The van der Waals surface area contributed by atoms with Crippen LogP contribution in [0.1, 0.15) is 13.8 Å². The lowest BCUT2D eigenvalue weighted by Gasteiger charge is -2.25. The molecule has 0 unspecified atom stereocenters. The Morgan fingerprint density at radius 1 is 1.11 bits per heavy atom. The number of hydrogen-bond donors (Lipinski definition) is 1. The van der Waals surface area contributed by atoms with Crippen molar-refractivity contribution in [3.63, 3.8) is 0 Å². The van der Waals surface area contributed by atoms with Gasteiger partial charge < -0.3 is 5.32 Å². The Morgan fingerprint density at radius 3 is 2.48 bits per heavy atom. The van der Waals surface area contributed by atoms with Crippen LogP contribution in [-0.4, -0.2) is 15.7 Å². The Labute approximate surface area is 160 Å². The number of halogens is 2. The number of benzene rings is 2. The Hall–Kier alpha value is -2.99. The number of carbonyl (C=O) groups excluding carboxylic acids is 1. The molecular weight excluding hydrogens is 369 g/mol. The number of anilines is 1. The molecule has 7 heteroatoms. The van der Waals surface area contributed by atoms with Crippen molar-refractivity contribution in [3.05, 3.63) is 81.9 Å². The van der Waals surface area contributed by atoms with Crippen LogP contribution in [0.4, 0.5) is 10.1 Å². The van der Waals surface area contributed by atoms with E-state index >= 15 is 0 Å². The number of nitrogens with one attached hydrogen (secondary N) is 1. The highest BCUT2D eigenvalue weighted by Crippen LogP contribution is 2.21. The van der Waals surface area contributed by atoms with Crippen LogP contribution < -0.4 is 10.9 Å². The standard InChI is InChI=1S/C20H17ClFN3O2/c1-20(2,19(27)23-16-5-3-4-14(21)12-16)25-18(26)11-10-17(24-25)13-6-8-15(22)9-7-13/h3-12H,1-2H3,(H,23,27). The summed E-state index contributed by atoms with van der Waals surface area (Å²) in [6.07, 6.45) is 0. The lowest BCUT2D eigenvalue weighted by Crippen LogP contribution is -2.47. The number of hydrogen-bond acceptors (Lipinski definition) is 3. The van der Waals surface area contributed by atoms with Crippen molar-refractivity contribution in [3.8, 4) is 11.3 Å². The molecule has 1 amide bonds. The van der Waals surface area contributed by atoms with Gasteiger partial charge in [-0.25, -0.2) is 9.07 Å². The van der Waals surface area contributed by atoms with Gasteiger partial charge in [0.2, 0.25) is 0 Å². The highest BCUT2D eigenvalue weighted by atomic mass is 35.5. The van der Waals surface area contributed by atoms with Crippen molar-refractivity contribution in [1.29, 1.82) is 0 Å². The predicted molar refractivity (Wildman–Crippen MR) is 103 cm³/mol. The molecule has 0 atom stereocenters. The molecule has 0 aliphatic carbocycles. The van der Waals surface area contributed by atoms with Crippen LogP contribution in [-0.2, 0) is 10.3 Å². The van der Waals surface area contributed by atoms with E-state index < -0.39 is 17.0 Å². The number of rotatable bonds is 4. The van der Waals surface area contributed by atoms with E-state index in [4.69, 9.17) is 11.6 Å². The van der Waals surface area contributed by atoms with E-state index in [9.17, 15) is 14.0 Å². The first-order valence-electron chi connectivity index (χ1n) is 8.21. The van der Waals surface area contributed by atoms with E-state index in [0.717, 1.165) is 4.68 Å². The minimum atomic E-state index is -1.27. The van der Waals surface area contributed by atoms with Crippen LogP contribution in [0.15, 0.2) is 65.5 Å². The summed E-state index contributed by atoms with van der Waals surface area (Å²) >= 11 is 5.94. The maximum absolute atomic E-state index is 13.1. The number of amides is 1. The minimum Gasteiger partial charge on any atom is -0.324 e. The molecule has 1 N–H and O–H groups in total. The van der Waals surface area contributed by atoms with E-state index in [1.165, 1.54) is 24.3 Å². The summed E-state index contributed by atoms with van der Waals surface area (Å²) in [5, 5.41) is 7.55. The van der Waals surface area contributed by atoms with Crippen molar-refractivity contribution in [2.45, 2.75) is 19.4 Å². The second-order valence-corrected chi connectivity index (χ2v) is 6.94. The third kappa shape index (κ3) is 4.06. The zero-order chi connectivity index (χ0) is 19.6. The molecular formula is C20H17ClFN3O2. The highest BCUT2D eigenvalue weighted by molar-refractivity contribution is 6.30. The van der Waals surface area contributed by atoms with E-state index in [1.54, 1.807) is 50.2 Å². The molecule has 0 aliphatic rings. The largest absolute Gasteiger partial charge is 0.324 e. The van der Waals surface area contributed by atoms with Gasteiger partial charge in [0.25, 0.3) is 11.5 Å². The maximum atomic E-state index is 13.1. The normalized spacial score (nSPS) is 11.3. The summed E-state index contributed by atoms with van der Waals surface area (Å²) in [7, 11) is 0. The van der Waals surface area contributed by atoms with E-state index in [2.05, 4.69) is 10.4 Å². The quantitative estimate of drug-likeness (QED) is 0.736. The number of carbonyl (C=O) groups is 1. The van der Waals surface area contributed by atoms with Gasteiger partial charge in [0.05, 0.1) is 5.69 Å². The second kappa shape index (κ2) is 7.32. The van der Waals surface area contributed by atoms with E-state index in [-0.39, 0.29) is 5.82 Å². The van der Waals surface area contributed by atoms with Crippen molar-refractivity contribution < 1.29 is 9.18 Å². The molecule has 1 heterocycles. The van der Waals surface area contributed by atoms with Crippen molar-refractivity contribution >= 4 is 23.2 Å². The average molecular weight is 386 g/mol. The third-order valence-electron chi connectivity index (χ3n) is 4.11. The Morgan fingerprint density at radius 2 is 1.81 bits per heavy atom. The van der Waals surface area contributed by atoms with Crippen LogP contribution in [0.25, 0.3) is 11.3 Å². The fraction of sp³-hybridized carbons (Fsp3) is 0.150. The van der Waals surface area contributed by atoms with E-state index in [1.807, 2.05) is 0 Å². The molecule has 5 nitrogen and oxygen atoms in total. The van der Waals surface area contributed by atoms with Gasteiger partial charge in [0, 0.05) is 22.3 Å². The first kappa shape index (κ1) is 18.8. The van der Waals surface area contributed by atoms with Crippen LogP contribution in [0.3, 0.4) is 0 Å². The molecule has 0 aliphatic heterocycles. The summed E-state index contributed by atoms with van der Waals surface area (Å²) < 4.78 is 14.3. The molecule has 1 aromatic heterocycles. The van der Waals surface area contributed by atoms with Gasteiger partial charge in [-0.2, -0.15) is 5.10 Å². The van der Waals surface area contributed by atoms with Crippen molar-refractivity contribution in [1.82, 2.24) is 9.78 Å². The number of nitrogens with zero attached hydrogens (tertiary/aromatic N) is 2. The first-order valence-corrected chi connectivity index (χ1v) is 8.59. The van der Waals surface area contributed by atoms with E-state index in [0.29, 0.717) is 22.0 Å². The summed E-state index contributed by atoms with van der Waals surface area (Å²) in [5.74, 6) is -0.788. The van der Waals surface area contributed by atoms with Crippen LogP contribution in [0.5, 0.6) is 0 Å². The summed E-state index contributed by atoms with van der Waals surface area (Å²) in [6.45, 7) is 3.19. The molecule has 27 heavy (non-hydrogen) atoms. The fourth-order valence-corrected chi connectivity index (χ4v) is 2.72. The van der Waals surface area contributed by atoms with Crippen LogP contribution in [0, 0.1) is 5.82 Å². The van der Waals surface area contributed by atoms with Crippen molar-refractivity contribution in [2.75, 3.05) is 5.32 Å². The molecule has 2 aromatic carbocycles. The third-order valence-corrected chi connectivity index (χ3v) is 4.34. The van der Waals surface area contributed by atoms with Gasteiger partial charge in [0.15, 0.2) is 0 Å². The Kier molecular flexibility index (Phi) is 5.10. The zero-order valence-corrected chi connectivity index (χ0v) is 15.5. The molecule has 3 aromatic rings. The van der Waals surface area contributed by atoms with Gasteiger partial charge >= 0.3 is 0 Å². The number of aromatic nitrogens is 2. The molecule has 0 fully saturated rings. The lowest BCUT2D eigenvalue weighted by atomic mass is 10.0. The smallest absolute Gasteiger partial charge is 0.267 e. The maximum Gasteiger partial charge on any atom is 0.267 e. The predicted octanol–water partition coefficient (Wildman–Crippen LogP) is 4.08. The SMILES string of the molecule is CC(C)(C(=O)Nc1cccc(Cl)c1)n1nc(-c2ccc(F)cc2)ccc1=O. The van der Waals surface area contributed by atoms with Gasteiger partial charge in [-0.05, 0) is 62.4 Å². The molecule has 0 spiro atoms. The highest BCUT2D eigenvalue weighted by Gasteiger charge is 2.32. The van der Waals surface area contributed by atoms with Gasteiger partial charge in [-0.15, -0.1) is 0 Å². The van der Waals surface area contributed by atoms with Gasteiger partial charge in [-0.3, -0.25) is 9.59 Å². The molecule has 138 valence electrons. The molecule has 0 saturated heterocycles. The second-order valence-electron chi connectivity index (χ2n) is 6.50. The monoisotopic (exact) mass is 385 g/mol. The Balaban J connectivity index is 1.95.